The highest BCUT2D eigenvalue weighted by Crippen LogP contribution is 2.40. The van der Waals surface area contributed by atoms with E-state index in [0.29, 0.717) is 17.8 Å². The summed E-state index contributed by atoms with van der Waals surface area (Å²) in [6.07, 6.45) is 3.79. The molecule has 138 valence electrons. The van der Waals surface area contributed by atoms with E-state index in [9.17, 15) is 0 Å². The fourth-order valence-electron chi connectivity index (χ4n) is 4.11. The number of fused-ring (bicyclic) bond motifs is 3. The van der Waals surface area contributed by atoms with E-state index in [1.165, 1.54) is 12.8 Å². The minimum absolute atomic E-state index is 0.197. The average Bonchev–Trinajstić information content (AvgIpc) is 2.78. The van der Waals surface area contributed by atoms with E-state index in [2.05, 4.69) is 32.9 Å². The molecule has 0 N–H and O–H groups in total. The predicted octanol–water partition coefficient (Wildman–Crippen LogP) is 7.18. The van der Waals surface area contributed by atoms with Crippen LogP contribution in [0.4, 0.5) is 0 Å². The Morgan fingerprint density at radius 1 is 0.923 bits per heavy atom. The van der Waals surface area contributed by atoms with Gasteiger partial charge in [-0.15, -0.1) is 0 Å². The molecule has 1 fully saturated rings. The van der Waals surface area contributed by atoms with Gasteiger partial charge in [0.15, 0.2) is 0 Å². The first kappa shape index (κ1) is 17.7. The van der Waals surface area contributed by atoms with Crippen molar-refractivity contribution in [2.75, 3.05) is 0 Å². The molecule has 4 heteroatoms. The van der Waals surface area contributed by atoms with Gasteiger partial charge in [-0.2, -0.15) is 0 Å². The van der Waals surface area contributed by atoms with Crippen molar-refractivity contribution in [3.8, 4) is 0 Å². The Labute approximate surface area is 156 Å². The van der Waals surface area contributed by atoms with Gasteiger partial charge in [0.05, 0.1) is 6.10 Å². The van der Waals surface area contributed by atoms with Crippen LogP contribution in [0.1, 0.15) is 40.0 Å². The van der Waals surface area contributed by atoms with Gasteiger partial charge in [-0.25, -0.2) is 0 Å². The Morgan fingerprint density at radius 2 is 1.50 bits per heavy atom. The smallest absolute Gasteiger partial charge is 0.387 e. The second-order valence-corrected chi connectivity index (χ2v) is 8.89. The van der Waals surface area contributed by atoms with Crippen LogP contribution in [0.25, 0.3) is 21.9 Å². The lowest BCUT2D eigenvalue weighted by Gasteiger charge is -2.35. The van der Waals surface area contributed by atoms with E-state index < -0.39 is 8.24 Å². The Balaban J connectivity index is 1.80. The molecule has 0 radical (unpaired) electrons. The minimum Gasteiger partial charge on any atom is -0.399 e. The van der Waals surface area contributed by atoms with Crippen molar-refractivity contribution in [2.24, 2.45) is 17.8 Å². The van der Waals surface area contributed by atoms with Crippen LogP contribution in [0.5, 0.6) is 0 Å². The maximum atomic E-state index is 6.49. The van der Waals surface area contributed by atoms with Crippen molar-refractivity contribution in [1.29, 1.82) is 0 Å². The lowest BCUT2D eigenvalue weighted by atomic mass is 9.75. The van der Waals surface area contributed by atoms with E-state index in [-0.39, 0.29) is 6.10 Å². The number of benzene rings is 2. The summed E-state index contributed by atoms with van der Waals surface area (Å²) < 4.78 is 18.9. The van der Waals surface area contributed by atoms with Gasteiger partial charge in [0.25, 0.3) is 0 Å². The number of para-hydroxylation sites is 2. The fraction of sp³-hybridized carbons (Fsp3) is 0.455. The summed E-state index contributed by atoms with van der Waals surface area (Å²) in [6, 6.07) is 16.2. The van der Waals surface area contributed by atoms with E-state index in [4.69, 9.17) is 12.9 Å². The van der Waals surface area contributed by atoms with Gasteiger partial charge in [0, 0.05) is 10.8 Å². The molecule has 1 aliphatic rings. The molecule has 3 atom stereocenters. The zero-order valence-electron chi connectivity index (χ0n) is 15.7. The molecular formula is C22H27O3P. The molecule has 4 rings (SSSR count). The van der Waals surface area contributed by atoms with Crippen LogP contribution in [-0.4, -0.2) is 6.10 Å². The van der Waals surface area contributed by atoms with E-state index in [1.54, 1.807) is 0 Å². The molecule has 2 aromatic carbocycles. The standard InChI is InChI=1S/C22H27O3P/c1-15(2)17-13-12-16(3)14-22(17)25-26-23-20-10-6-4-8-18(20)19-9-5-7-11-21(19)24-26/h4-11,15-17,22H,12-14H2,1-3H3. The first-order chi connectivity index (χ1) is 12.6. The quantitative estimate of drug-likeness (QED) is 0.490. The molecule has 3 nitrogen and oxygen atoms in total. The van der Waals surface area contributed by atoms with Gasteiger partial charge >= 0.3 is 8.24 Å². The normalized spacial score (nSPS) is 23.6. The third-order valence-corrected chi connectivity index (χ3v) is 6.73. The Kier molecular flexibility index (Phi) is 5.11. The SMILES string of the molecule is CC1CCC(C(C)C)C(Op2oc3ccccc3c3ccccc3o2)C1. The molecule has 1 saturated carbocycles. The van der Waals surface area contributed by atoms with Gasteiger partial charge in [0.2, 0.25) is 0 Å². The van der Waals surface area contributed by atoms with Crippen molar-refractivity contribution in [3.05, 3.63) is 48.5 Å². The summed E-state index contributed by atoms with van der Waals surface area (Å²) in [4.78, 5) is 0. The van der Waals surface area contributed by atoms with Crippen LogP contribution in [0.15, 0.2) is 56.9 Å². The lowest BCUT2D eigenvalue weighted by molar-refractivity contribution is 0.0746. The zero-order chi connectivity index (χ0) is 18.1. The van der Waals surface area contributed by atoms with Crippen molar-refractivity contribution in [1.82, 2.24) is 0 Å². The van der Waals surface area contributed by atoms with Crippen molar-refractivity contribution in [2.45, 2.75) is 46.1 Å². The van der Waals surface area contributed by atoms with Gasteiger partial charge < -0.3 is 8.39 Å². The predicted molar refractivity (Wildman–Crippen MR) is 108 cm³/mol. The molecular weight excluding hydrogens is 343 g/mol. The molecule has 0 bridgehead atoms. The summed E-state index contributed by atoms with van der Waals surface area (Å²) in [5, 5.41) is 2.13. The second kappa shape index (κ2) is 7.50. The third-order valence-electron chi connectivity index (χ3n) is 5.59. The fourth-order valence-corrected chi connectivity index (χ4v) is 5.33. The van der Waals surface area contributed by atoms with E-state index >= 15 is 0 Å². The number of rotatable bonds is 3. The highest BCUT2D eigenvalue weighted by molar-refractivity contribution is 7.31. The highest BCUT2D eigenvalue weighted by Gasteiger charge is 2.33. The van der Waals surface area contributed by atoms with Crippen LogP contribution in [0, 0.1) is 17.8 Å². The molecule has 3 unspecified atom stereocenters. The molecule has 0 amide bonds. The van der Waals surface area contributed by atoms with E-state index in [1.807, 2.05) is 36.4 Å². The third kappa shape index (κ3) is 3.56. The number of hydrogen-bond acceptors (Lipinski definition) is 3. The Bertz CT molecular complexity index is 873. The minimum atomic E-state index is -1.46. The van der Waals surface area contributed by atoms with Crippen LogP contribution < -0.4 is 4.52 Å². The molecule has 26 heavy (non-hydrogen) atoms. The average molecular weight is 370 g/mol. The topological polar surface area (TPSA) is 35.5 Å². The molecule has 1 heterocycles. The molecule has 1 aromatic heterocycles. The van der Waals surface area contributed by atoms with Crippen LogP contribution in [-0.2, 0) is 0 Å². The van der Waals surface area contributed by atoms with Crippen LogP contribution >= 0.6 is 8.24 Å². The largest absolute Gasteiger partial charge is 0.399 e. The summed E-state index contributed by atoms with van der Waals surface area (Å²) >= 11 is 0. The van der Waals surface area contributed by atoms with Gasteiger partial charge in [-0.05, 0) is 42.7 Å². The Hall–Kier alpha value is -1.70. The second-order valence-electron chi connectivity index (χ2n) is 7.87. The first-order valence-corrected chi connectivity index (χ1v) is 10.7. The molecule has 0 spiro atoms. The summed E-state index contributed by atoms with van der Waals surface area (Å²) in [6.45, 7) is 6.91. The molecule has 1 aliphatic carbocycles. The highest BCUT2D eigenvalue weighted by atomic mass is 31.1. The summed E-state index contributed by atoms with van der Waals surface area (Å²) in [7, 11) is -1.46. The van der Waals surface area contributed by atoms with Gasteiger partial charge in [-0.3, -0.25) is 4.52 Å². The van der Waals surface area contributed by atoms with Gasteiger partial charge in [-0.1, -0.05) is 63.6 Å². The first-order valence-electron chi connectivity index (χ1n) is 9.63. The summed E-state index contributed by atoms with van der Waals surface area (Å²) in [5.74, 6) is 1.86. The Morgan fingerprint density at radius 3 is 2.08 bits per heavy atom. The molecule has 0 saturated heterocycles. The van der Waals surface area contributed by atoms with Crippen molar-refractivity contribution < 1.29 is 12.9 Å². The maximum absolute atomic E-state index is 6.49. The monoisotopic (exact) mass is 370 g/mol. The summed E-state index contributed by atoms with van der Waals surface area (Å²) in [5.41, 5.74) is 1.68. The van der Waals surface area contributed by atoms with E-state index in [0.717, 1.165) is 28.4 Å². The lowest BCUT2D eigenvalue weighted by Crippen LogP contribution is -2.35. The van der Waals surface area contributed by atoms with Gasteiger partial charge in [0.1, 0.15) is 11.2 Å². The van der Waals surface area contributed by atoms with Crippen molar-refractivity contribution >= 4 is 30.2 Å². The zero-order valence-corrected chi connectivity index (χ0v) is 16.6. The maximum Gasteiger partial charge on any atom is 0.387 e. The van der Waals surface area contributed by atoms with Crippen LogP contribution in [0.2, 0.25) is 0 Å². The number of hydrogen-bond donors (Lipinski definition) is 0. The molecule has 0 aliphatic heterocycles. The van der Waals surface area contributed by atoms with Crippen LogP contribution in [0.3, 0.4) is 0 Å². The molecule has 3 aromatic rings. The van der Waals surface area contributed by atoms with Crippen molar-refractivity contribution in [3.63, 3.8) is 0 Å².